The van der Waals surface area contributed by atoms with Crippen LogP contribution < -0.4 is 4.74 Å². The predicted molar refractivity (Wildman–Crippen MR) is 83.3 cm³/mol. The highest BCUT2D eigenvalue weighted by atomic mass is 16.5. The summed E-state index contributed by atoms with van der Waals surface area (Å²) in [5.74, 6) is 0.842. The van der Waals surface area contributed by atoms with E-state index >= 15 is 0 Å². The van der Waals surface area contributed by atoms with Gasteiger partial charge in [-0.1, -0.05) is 48.5 Å². The molecule has 0 radical (unpaired) electrons. The van der Waals surface area contributed by atoms with Crippen LogP contribution in [0.4, 0.5) is 0 Å². The van der Waals surface area contributed by atoms with Crippen molar-refractivity contribution in [3.63, 3.8) is 0 Å². The van der Waals surface area contributed by atoms with Crippen LogP contribution in [-0.2, 0) is 11.3 Å². The van der Waals surface area contributed by atoms with Crippen LogP contribution in [0.25, 0.3) is 0 Å². The molecule has 1 unspecified atom stereocenters. The van der Waals surface area contributed by atoms with Crippen molar-refractivity contribution in [3.05, 3.63) is 66.2 Å². The topological polar surface area (TPSA) is 38.7 Å². The van der Waals surface area contributed by atoms with Gasteiger partial charge in [0, 0.05) is 6.61 Å². The van der Waals surface area contributed by atoms with Crippen molar-refractivity contribution in [1.29, 1.82) is 0 Å². The summed E-state index contributed by atoms with van der Waals surface area (Å²) < 4.78 is 11.7. The summed E-state index contributed by atoms with van der Waals surface area (Å²) >= 11 is 0. The molecule has 0 aliphatic carbocycles. The van der Waals surface area contributed by atoms with Gasteiger partial charge in [0.1, 0.15) is 12.4 Å². The molecule has 0 bridgehead atoms. The Morgan fingerprint density at radius 2 is 1.57 bits per heavy atom. The number of aliphatic hydroxyl groups excluding tert-OH is 1. The smallest absolute Gasteiger partial charge is 0.119 e. The maximum absolute atomic E-state index is 8.99. The molecule has 21 heavy (non-hydrogen) atoms. The lowest BCUT2D eigenvalue weighted by molar-refractivity contribution is 0.00124. The van der Waals surface area contributed by atoms with E-state index in [1.807, 2.05) is 60.7 Å². The van der Waals surface area contributed by atoms with Gasteiger partial charge in [0.15, 0.2) is 0 Å². The van der Waals surface area contributed by atoms with E-state index in [1.165, 1.54) is 0 Å². The number of hydrogen-bond acceptors (Lipinski definition) is 3. The van der Waals surface area contributed by atoms with Crippen molar-refractivity contribution in [2.75, 3.05) is 13.2 Å². The normalized spacial score (nSPS) is 12.0. The fourth-order valence-electron chi connectivity index (χ4n) is 2.03. The molecule has 0 aliphatic heterocycles. The van der Waals surface area contributed by atoms with Crippen molar-refractivity contribution in [2.24, 2.45) is 0 Å². The second-order valence-corrected chi connectivity index (χ2v) is 4.91. The summed E-state index contributed by atoms with van der Waals surface area (Å²) in [6, 6.07) is 19.8. The maximum Gasteiger partial charge on any atom is 0.119 e. The first-order chi connectivity index (χ1) is 10.4. The molecular formula is C18H22O3. The zero-order chi connectivity index (χ0) is 14.8. The molecule has 0 heterocycles. The average molecular weight is 286 g/mol. The second-order valence-electron chi connectivity index (χ2n) is 4.91. The van der Waals surface area contributed by atoms with Gasteiger partial charge < -0.3 is 14.6 Å². The van der Waals surface area contributed by atoms with E-state index in [4.69, 9.17) is 14.6 Å². The van der Waals surface area contributed by atoms with Gasteiger partial charge in [0.2, 0.25) is 0 Å². The lowest BCUT2D eigenvalue weighted by Gasteiger charge is -2.18. The fraction of sp³-hybridized carbons (Fsp3) is 0.333. The highest BCUT2D eigenvalue weighted by Gasteiger charge is 2.10. The van der Waals surface area contributed by atoms with Crippen molar-refractivity contribution >= 4 is 0 Å². The van der Waals surface area contributed by atoms with Gasteiger partial charge in [0.05, 0.1) is 12.7 Å². The van der Waals surface area contributed by atoms with Gasteiger partial charge in [-0.15, -0.1) is 0 Å². The van der Waals surface area contributed by atoms with Crippen LogP contribution in [0, 0.1) is 0 Å². The van der Waals surface area contributed by atoms with Crippen molar-refractivity contribution < 1.29 is 14.6 Å². The van der Waals surface area contributed by atoms with Crippen LogP contribution in [0.3, 0.4) is 0 Å². The fourth-order valence-corrected chi connectivity index (χ4v) is 2.03. The van der Waals surface area contributed by atoms with Crippen molar-refractivity contribution in [2.45, 2.75) is 25.6 Å². The molecule has 1 atom stereocenters. The molecule has 2 aromatic carbocycles. The minimum Gasteiger partial charge on any atom is -0.491 e. The van der Waals surface area contributed by atoms with E-state index < -0.39 is 0 Å². The molecule has 0 saturated carbocycles. The Labute approximate surface area is 126 Å². The van der Waals surface area contributed by atoms with E-state index in [0.717, 1.165) is 24.2 Å². The summed E-state index contributed by atoms with van der Waals surface area (Å²) in [6.45, 7) is 1.24. The highest BCUT2D eigenvalue weighted by molar-refractivity contribution is 5.20. The summed E-state index contributed by atoms with van der Waals surface area (Å²) in [4.78, 5) is 0. The summed E-state index contributed by atoms with van der Waals surface area (Å²) in [5, 5.41) is 8.99. The zero-order valence-corrected chi connectivity index (χ0v) is 12.2. The zero-order valence-electron chi connectivity index (χ0n) is 12.2. The Hall–Kier alpha value is -1.84. The number of aliphatic hydroxyl groups is 1. The van der Waals surface area contributed by atoms with Gasteiger partial charge in [0.25, 0.3) is 0 Å². The first-order valence-corrected chi connectivity index (χ1v) is 7.32. The lowest BCUT2D eigenvalue weighted by atomic mass is 10.2. The summed E-state index contributed by atoms with van der Waals surface area (Å²) in [7, 11) is 0. The molecule has 0 spiro atoms. The predicted octanol–water partition coefficient (Wildman–Crippen LogP) is 3.42. The molecule has 0 saturated heterocycles. The van der Waals surface area contributed by atoms with Crippen molar-refractivity contribution in [1.82, 2.24) is 0 Å². The van der Waals surface area contributed by atoms with Gasteiger partial charge in [-0.25, -0.2) is 0 Å². The maximum atomic E-state index is 8.99. The van der Waals surface area contributed by atoms with Crippen LogP contribution >= 0.6 is 0 Å². The highest BCUT2D eigenvalue weighted by Crippen LogP contribution is 2.12. The third kappa shape index (κ3) is 5.98. The standard InChI is InChI=1S/C18H22O3/c19-13-7-12-18(15-21-17-10-5-2-6-11-17)20-14-16-8-3-1-4-9-16/h1-6,8-11,18-19H,7,12-15H2. The van der Waals surface area contributed by atoms with Gasteiger partial charge in [-0.3, -0.25) is 0 Å². The van der Waals surface area contributed by atoms with E-state index in [1.54, 1.807) is 0 Å². The molecule has 3 heteroatoms. The lowest BCUT2D eigenvalue weighted by Crippen LogP contribution is -2.22. The number of hydrogen-bond donors (Lipinski definition) is 1. The Morgan fingerprint density at radius 3 is 2.24 bits per heavy atom. The van der Waals surface area contributed by atoms with E-state index in [2.05, 4.69) is 0 Å². The van der Waals surface area contributed by atoms with Crippen LogP contribution in [0.15, 0.2) is 60.7 Å². The Morgan fingerprint density at radius 1 is 0.905 bits per heavy atom. The third-order valence-electron chi connectivity index (χ3n) is 3.19. The van der Waals surface area contributed by atoms with Crippen LogP contribution in [0.2, 0.25) is 0 Å². The van der Waals surface area contributed by atoms with E-state index in [0.29, 0.717) is 13.2 Å². The molecule has 1 N–H and O–H groups in total. The molecule has 112 valence electrons. The molecule has 2 aromatic rings. The van der Waals surface area contributed by atoms with Crippen LogP contribution in [0.1, 0.15) is 18.4 Å². The molecular weight excluding hydrogens is 264 g/mol. The van der Waals surface area contributed by atoms with Gasteiger partial charge in [-0.2, -0.15) is 0 Å². The molecule has 3 nitrogen and oxygen atoms in total. The first-order valence-electron chi connectivity index (χ1n) is 7.32. The quantitative estimate of drug-likeness (QED) is 0.767. The van der Waals surface area contributed by atoms with Gasteiger partial charge in [-0.05, 0) is 30.5 Å². The Balaban J connectivity index is 1.82. The average Bonchev–Trinajstić information content (AvgIpc) is 2.56. The molecule has 0 aromatic heterocycles. The van der Waals surface area contributed by atoms with Gasteiger partial charge >= 0.3 is 0 Å². The molecule has 0 amide bonds. The third-order valence-corrected chi connectivity index (χ3v) is 3.19. The first kappa shape index (κ1) is 15.5. The Kier molecular flexibility index (Phi) is 6.78. The molecule has 0 aliphatic rings. The number of para-hydroxylation sites is 1. The summed E-state index contributed by atoms with van der Waals surface area (Å²) in [5.41, 5.74) is 1.14. The van der Waals surface area contributed by atoms with Crippen LogP contribution in [-0.4, -0.2) is 24.4 Å². The van der Waals surface area contributed by atoms with E-state index in [-0.39, 0.29) is 12.7 Å². The van der Waals surface area contributed by atoms with Crippen LogP contribution in [0.5, 0.6) is 5.75 Å². The largest absolute Gasteiger partial charge is 0.491 e. The van der Waals surface area contributed by atoms with E-state index in [9.17, 15) is 0 Å². The SMILES string of the molecule is OCCCC(COc1ccccc1)OCc1ccccc1. The molecule has 2 rings (SSSR count). The Bertz CT molecular complexity index is 441. The number of benzene rings is 2. The molecule has 0 fully saturated rings. The van der Waals surface area contributed by atoms with Crippen molar-refractivity contribution in [3.8, 4) is 5.75 Å². The monoisotopic (exact) mass is 286 g/mol. The minimum atomic E-state index is -0.0161. The number of ether oxygens (including phenoxy) is 2. The number of rotatable bonds is 9. The summed E-state index contributed by atoms with van der Waals surface area (Å²) in [6.07, 6.45) is 1.49. The minimum absolute atomic E-state index is 0.0161. The second kappa shape index (κ2) is 9.16.